The maximum atomic E-state index is 14.4. The number of phenolic OH excluding ortho intramolecular Hbond substituents is 1. The quantitative estimate of drug-likeness (QED) is 0.476. The Balaban J connectivity index is 1.76. The molecule has 30 heavy (non-hydrogen) atoms. The molecule has 0 radical (unpaired) electrons. The van der Waals surface area contributed by atoms with Gasteiger partial charge < -0.3 is 14.9 Å². The highest BCUT2D eigenvalue weighted by atomic mass is 35.5. The number of nitrogens with zero attached hydrogens (tertiary/aromatic N) is 4. The first-order valence-electron chi connectivity index (χ1n) is 9.24. The molecule has 154 valence electrons. The predicted molar refractivity (Wildman–Crippen MR) is 116 cm³/mol. The summed E-state index contributed by atoms with van der Waals surface area (Å²) in [5, 5.41) is 20.2. The molecule has 1 aliphatic rings. The van der Waals surface area contributed by atoms with E-state index >= 15 is 0 Å². The largest absolute Gasteiger partial charge is 0.507 e. The lowest BCUT2D eigenvalue weighted by atomic mass is 10.0. The lowest BCUT2D eigenvalue weighted by molar-refractivity contribution is -0.104. The molecule has 0 aliphatic carbocycles. The number of hydrogen-bond donors (Lipinski definition) is 1. The summed E-state index contributed by atoms with van der Waals surface area (Å²) in [4.78, 5) is 14.6. The van der Waals surface area contributed by atoms with Crippen LogP contribution in [0.1, 0.15) is 0 Å². The SMILES string of the molecule is O=CC=CN1CCN(c2nnc(Cl)c3cc(-c4c(O)cccc4F)c(Cl)cc23)CC1. The van der Waals surface area contributed by atoms with Crippen LogP contribution in [0.5, 0.6) is 5.75 Å². The molecule has 9 heteroatoms. The normalized spacial score (nSPS) is 14.6. The van der Waals surface area contributed by atoms with Gasteiger partial charge in [-0.1, -0.05) is 29.3 Å². The smallest absolute Gasteiger partial charge is 0.159 e. The second-order valence-corrected chi connectivity index (χ2v) is 7.59. The third kappa shape index (κ3) is 3.78. The zero-order valence-corrected chi connectivity index (χ0v) is 17.2. The van der Waals surface area contributed by atoms with Gasteiger partial charge in [-0.05, 0) is 30.3 Å². The molecule has 0 unspecified atom stereocenters. The lowest BCUT2D eigenvalue weighted by Crippen LogP contribution is -2.44. The van der Waals surface area contributed by atoms with Crippen LogP contribution in [-0.4, -0.2) is 52.7 Å². The number of phenols is 1. The number of anilines is 1. The summed E-state index contributed by atoms with van der Waals surface area (Å²) in [6.45, 7) is 2.76. The minimum atomic E-state index is -0.589. The molecule has 1 fully saturated rings. The number of rotatable bonds is 4. The standard InChI is InChI=1S/C21H17Cl2FN4O2/c22-16-12-14-13(11-15(16)19-17(24)3-1-4-18(19)30)20(23)25-26-21(14)28-8-6-27(7-9-28)5-2-10-29/h1-5,10-12,30H,6-9H2. The Labute approximate surface area is 182 Å². The van der Waals surface area contributed by atoms with E-state index in [2.05, 4.69) is 15.1 Å². The van der Waals surface area contributed by atoms with Gasteiger partial charge in [0, 0.05) is 53.7 Å². The summed E-state index contributed by atoms with van der Waals surface area (Å²) in [7, 11) is 0. The van der Waals surface area contributed by atoms with Crippen molar-refractivity contribution in [1.82, 2.24) is 15.1 Å². The molecule has 2 aromatic carbocycles. The van der Waals surface area contributed by atoms with Crippen molar-refractivity contribution in [1.29, 1.82) is 0 Å². The van der Waals surface area contributed by atoms with Crippen LogP contribution in [0.25, 0.3) is 21.9 Å². The van der Waals surface area contributed by atoms with Crippen LogP contribution in [0.2, 0.25) is 10.2 Å². The Morgan fingerprint density at radius 2 is 1.83 bits per heavy atom. The number of piperazine rings is 1. The molecule has 0 spiro atoms. The average molecular weight is 447 g/mol. The number of aromatic hydroxyl groups is 1. The summed E-state index contributed by atoms with van der Waals surface area (Å²) in [6, 6.07) is 7.37. The van der Waals surface area contributed by atoms with Crippen LogP contribution in [0.15, 0.2) is 42.6 Å². The second-order valence-electron chi connectivity index (χ2n) is 6.83. The fourth-order valence-electron chi connectivity index (χ4n) is 3.57. The zero-order valence-electron chi connectivity index (χ0n) is 15.7. The average Bonchev–Trinajstić information content (AvgIpc) is 2.73. The number of allylic oxidation sites excluding steroid dienone is 1. The first-order valence-corrected chi connectivity index (χ1v) is 9.99. The Kier molecular flexibility index (Phi) is 5.74. The minimum Gasteiger partial charge on any atom is -0.507 e. The van der Waals surface area contributed by atoms with E-state index in [0.717, 1.165) is 6.29 Å². The van der Waals surface area contributed by atoms with Gasteiger partial charge in [0.1, 0.15) is 17.9 Å². The van der Waals surface area contributed by atoms with E-state index in [4.69, 9.17) is 23.2 Å². The third-order valence-electron chi connectivity index (χ3n) is 5.05. The summed E-state index contributed by atoms with van der Waals surface area (Å²) >= 11 is 12.8. The topological polar surface area (TPSA) is 69.6 Å². The molecular formula is C21H17Cl2FN4O2. The van der Waals surface area contributed by atoms with Crippen molar-refractivity contribution in [2.24, 2.45) is 0 Å². The highest BCUT2D eigenvalue weighted by Crippen LogP contribution is 2.41. The lowest BCUT2D eigenvalue weighted by Gasteiger charge is -2.35. The van der Waals surface area contributed by atoms with E-state index in [0.29, 0.717) is 48.3 Å². The van der Waals surface area contributed by atoms with Crippen LogP contribution in [0, 0.1) is 5.82 Å². The third-order valence-corrected chi connectivity index (χ3v) is 5.64. The van der Waals surface area contributed by atoms with E-state index < -0.39 is 5.82 Å². The van der Waals surface area contributed by atoms with Crippen molar-refractivity contribution < 1.29 is 14.3 Å². The van der Waals surface area contributed by atoms with Crippen molar-refractivity contribution in [3.05, 3.63) is 58.6 Å². The van der Waals surface area contributed by atoms with Crippen molar-refractivity contribution in [3.63, 3.8) is 0 Å². The van der Waals surface area contributed by atoms with Crippen LogP contribution >= 0.6 is 23.2 Å². The van der Waals surface area contributed by atoms with Gasteiger partial charge in [0.05, 0.1) is 5.56 Å². The monoisotopic (exact) mass is 446 g/mol. The fraction of sp³-hybridized carbons (Fsp3) is 0.190. The maximum Gasteiger partial charge on any atom is 0.159 e. The summed E-state index contributed by atoms with van der Waals surface area (Å²) in [5.74, 6) is -0.178. The Morgan fingerprint density at radius 1 is 1.07 bits per heavy atom. The highest BCUT2D eigenvalue weighted by Gasteiger charge is 2.22. The van der Waals surface area contributed by atoms with Crippen LogP contribution in [0.3, 0.4) is 0 Å². The summed E-state index contributed by atoms with van der Waals surface area (Å²) in [6.07, 6.45) is 3.98. The molecule has 1 saturated heterocycles. The Hall–Kier alpha value is -2.90. The first kappa shape index (κ1) is 20.4. The van der Waals surface area contributed by atoms with Crippen molar-refractivity contribution >= 4 is 46.1 Å². The molecule has 3 aromatic rings. The molecule has 1 N–H and O–H groups in total. The van der Waals surface area contributed by atoms with Crippen molar-refractivity contribution in [2.45, 2.75) is 0 Å². The second kappa shape index (κ2) is 8.45. The molecule has 2 heterocycles. The van der Waals surface area contributed by atoms with Gasteiger partial charge in [-0.25, -0.2) is 4.39 Å². The van der Waals surface area contributed by atoms with Crippen LogP contribution in [-0.2, 0) is 4.79 Å². The maximum absolute atomic E-state index is 14.4. The van der Waals surface area contributed by atoms with Crippen LogP contribution in [0.4, 0.5) is 10.2 Å². The first-order chi connectivity index (χ1) is 14.5. The van der Waals surface area contributed by atoms with Gasteiger partial charge in [0.15, 0.2) is 11.0 Å². The van der Waals surface area contributed by atoms with Gasteiger partial charge in [-0.3, -0.25) is 4.79 Å². The van der Waals surface area contributed by atoms with E-state index in [1.807, 2.05) is 4.90 Å². The molecular weight excluding hydrogens is 430 g/mol. The van der Waals surface area contributed by atoms with Crippen molar-refractivity contribution in [2.75, 3.05) is 31.1 Å². The number of aromatic nitrogens is 2. The highest BCUT2D eigenvalue weighted by molar-refractivity contribution is 6.37. The Bertz CT molecular complexity index is 1130. The van der Waals surface area contributed by atoms with E-state index in [1.54, 1.807) is 18.3 Å². The van der Waals surface area contributed by atoms with Crippen molar-refractivity contribution in [3.8, 4) is 16.9 Å². The molecule has 1 aliphatic heterocycles. The minimum absolute atomic E-state index is 0.00871. The zero-order chi connectivity index (χ0) is 21.3. The number of halogens is 3. The van der Waals surface area contributed by atoms with E-state index in [1.165, 1.54) is 24.3 Å². The van der Waals surface area contributed by atoms with Gasteiger partial charge in [0.25, 0.3) is 0 Å². The molecule has 6 nitrogen and oxygen atoms in total. The van der Waals surface area contributed by atoms with Gasteiger partial charge in [0.2, 0.25) is 0 Å². The predicted octanol–water partition coefficient (Wildman–Crippen LogP) is 4.28. The molecule has 0 bridgehead atoms. The number of carbonyl (C=O) groups is 1. The molecule has 4 rings (SSSR count). The number of aldehydes is 1. The number of hydrogen-bond acceptors (Lipinski definition) is 6. The Morgan fingerprint density at radius 3 is 2.53 bits per heavy atom. The van der Waals surface area contributed by atoms with Gasteiger partial charge >= 0.3 is 0 Å². The molecule has 0 atom stereocenters. The molecule has 1 aromatic heterocycles. The van der Waals surface area contributed by atoms with Gasteiger partial charge in [-0.15, -0.1) is 10.2 Å². The number of benzene rings is 2. The molecule has 0 saturated carbocycles. The number of fused-ring (bicyclic) bond motifs is 1. The van der Waals surface area contributed by atoms with E-state index in [9.17, 15) is 14.3 Å². The van der Waals surface area contributed by atoms with Crippen LogP contribution < -0.4 is 4.90 Å². The van der Waals surface area contributed by atoms with Gasteiger partial charge in [-0.2, -0.15) is 0 Å². The fourth-order valence-corrected chi connectivity index (χ4v) is 4.02. The summed E-state index contributed by atoms with van der Waals surface area (Å²) < 4.78 is 14.4. The number of carbonyl (C=O) groups excluding carboxylic acids is 1. The van der Waals surface area contributed by atoms with E-state index in [-0.39, 0.29) is 21.5 Å². The summed E-state index contributed by atoms with van der Waals surface area (Å²) in [5.41, 5.74) is 0.332. The molecule has 0 amide bonds.